The number of rotatable bonds is 14. The van der Waals surface area contributed by atoms with E-state index in [1.165, 1.54) is 0 Å². The highest BCUT2D eigenvalue weighted by Gasteiger charge is 2.23. The molecule has 0 aliphatic heterocycles. The van der Waals surface area contributed by atoms with Crippen molar-refractivity contribution in [2.45, 2.75) is 51.2 Å². The normalized spacial score (nSPS) is 12.9. The van der Waals surface area contributed by atoms with E-state index in [0.717, 1.165) is 11.3 Å². The number of amides is 2. The molecule has 0 fully saturated rings. The standard InChI is InChI=1S/C24H35N3O4S2/c1-16(2)20-7-6-18(31-11-8-17(25)15-32)13-21(20)23(28)27-22(9-12-33-3)24(29)26-14-19-5-4-10-30-19/h4-7,10,13,16-17,22,32H,8-9,11-12,14-15,25H2,1-3H3,(H,26,29)(H,27,28). The van der Waals surface area contributed by atoms with Gasteiger partial charge >= 0.3 is 0 Å². The fourth-order valence-corrected chi connectivity index (χ4v) is 3.85. The number of hydrogen-bond donors (Lipinski definition) is 4. The Morgan fingerprint density at radius 1 is 1.24 bits per heavy atom. The molecule has 2 amide bonds. The molecule has 1 aromatic carbocycles. The minimum Gasteiger partial charge on any atom is -0.494 e. The summed E-state index contributed by atoms with van der Waals surface area (Å²) >= 11 is 5.81. The fourth-order valence-electron chi connectivity index (χ4n) is 3.20. The molecule has 1 aromatic heterocycles. The molecule has 0 aliphatic carbocycles. The van der Waals surface area contributed by atoms with Gasteiger partial charge < -0.3 is 25.5 Å². The Morgan fingerprint density at radius 2 is 2.03 bits per heavy atom. The first kappa shape index (κ1) is 27.1. The van der Waals surface area contributed by atoms with E-state index < -0.39 is 6.04 Å². The summed E-state index contributed by atoms with van der Waals surface area (Å²) in [7, 11) is 0. The van der Waals surface area contributed by atoms with Crippen molar-refractivity contribution in [1.82, 2.24) is 10.6 Å². The highest BCUT2D eigenvalue weighted by Crippen LogP contribution is 2.25. The Bertz CT molecular complexity index is 875. The van der Waals surface area contributed by atoms with Crippen molar-refractivity contribution in [3.63, 3.8) is 0 Å². The number of nitrogens with two attached hydrogens (primary N) is 1. The second-order valence-electron chi connectivity index (χ2n) is 8.09. The zero-order valence-electron chi connectivity index (χ0n) is 19.5. The smallest absolute Gasteiger partial charge is 0.252 e. The summed E-state index contributed by atoms with van der Waals surface area (Å²) in [5.41, 5.74) is 7.30. The van der Waals surface area contributed by atoms with Crippen LogP contribution < -0.4 is 21.1 Å². The monoisotopic (exact) mass is 493 g/mol. The molecule has 0 saturated heterocycles. The lowest BCUT2D eigenvalue weighted by molar-refractivity contribution is -0.123. The van der Waals surface area contributed by atoms with Gasteiger partial charge in [-0.3, -0.25) is 9.59 Å². The van der Waals surface area contributed by atoms with Crippen molar-refractivity contribution in [2.75, 3.05) is 24.4 Å². The van der Waals surface area contributed by atoms with Gasteiger partial charge in [0.15, 0.2) is 0 Å². The molecule has 2 unspecified atom stereocenters. The minimum absolute atomic E-state index is 0.0390. The number of furan rings is 1. The van der Waals surface area contributed by atoms with Gasteiger partial charge in [0.05, 0.1) is 19.4 Å². The molecular formula is C24H35N3O4S2. The van der Waals surface area contributed by atoms with Gasteiger partial charge in [0.1, 0.15) is 17.6 Å². The SMILES string of the molecule is CSCCC(NC(=O)c1cc(OCCC(N)CS)ccc1C(C)C)C(=O)NCc1ccco1. The molecule has 1 heterocycles. The number of carbonyl (C=O) groups excluding carboxylic acids is 2. The van der Waals surface area contributed by atoms with Crippen LogP contribution in [0.15, 0.2) is 41.0 Å². The van der Waals surface area contributed by atoms with Crippen LogP contribution in [0.25, 0.3) is 0 Å². The van der Waals surface area contributed by atoms with Gasteiger partial charge in [-0.25, -0.2) is 0 Å². The van der Waals surface area contributed by atoms with E-state index in [-0.39, 0.29) is 30.3 Å². The van der Waals surface area contributed by atoms with Gasteiger partial charge in [-0.05, 0) is 60.6 Å². The van der Waals surface area contributed by atoms with E-state index >= 15 is 0 Å². The average Bonchev–Trinajstić information content (AvgIpc) is 3.33. The fraction of sp³-hybridized carbons (Fsp3) is 0.500. The highest BCUT2D eigenvalue weighted by atomic mass is 32.2. The predicted octanol–water partition coefficient (Wildman–Crippen LogP) is 3.60. The first-order valence-electron chi connectivity index (χ1n) is 11.1. The molecule has 2 aromatic rings. The molecule has 0 spiro atoms. The van der Waals surface area contributed by atoms with E-state index in [0.29, 0.717) is 42.3 Å². The second-order valence-corrected chi connectivity index (χ2v) is 9.44. The van der Waals surface area contributed by atoms with Crippen LogP contribution in [0.4, 0.5) is 0 Å². The number of nitrogens with one attached hydrogen (secondary N) is 2. The van der Waals surface area contributed by atoms with Crippen LogP contribution in [-0.4, -0.2) is 48.3 Å². The molecule has 33 heavy (non-hydrogen) atoms. The van der Waals surface area contributed by atoms with Gasteiger partial charge in [-0.1, -0.05) is 19.9 Å². The molecule has 182 valence electrons. The maximum absolute atomic E-state index is 13.3. The van der Waals surface area contributed by atoms with Crippen LogP contribution in [0.3, 0.4) is 0 Å². The van der Waals surface area contributed by atoms with Crippen molar-refractivity contribution in [3.8, 4) is 5.75 Å². The predicted molar refractivity (Wildman–Crippen MR) is 137 cm³/mol. The Morgan fingerprint density at radius 3 is 2.67 bits per heavy atom. The van der Waals surface area contributed by atoms with Crippen molar-refractivity contribution in [1.29, 1.82) is 0 Å². The van der Waals surface area contributed by atoms with Crippen LogP contribution in [0.5, 0.6) is 5.75 Å². The van der Waals surface area contributed by atoms with Crippen LogP contribution >= 0.6 is 24.4 Å². The quantitative estimate of drug-likeness (QED) is 0.300. The average molecular weight is 494 g/mol. The highest BCUT2D eigenvalue weighted by molar-refractivity contribution is 7.98. The Labute approximate surface area is 206 Å². The Balaban J connectivity index is 2.12. The number of thioether (sulfide) groups is 1. The molecule has 7 nitrogen and oxygen atoms in total. The van der Waals surface area contributed by atoms with Crippen LogP contribution in [0, 0.1) is 0 Å². The number of ether oxygens (including phenoxy) is 1. The first-order chi connectivity index (χ1) is 15.8. The molecule has 2 rings (SSSR count). The third-order valence-corrected chi connectivity index (χ3v) is 6.25. The van der Waals surface area contributed by atoms with Crippen molar-refractivity contribution >= 4 is 36.2 Å². The van der Waals surface area contributed by atoms with Gasteiger partial charge in [0.2, 0.25) is 5.91 Å². The van der Waals surface area contributed by atoms with Crippen molar-refractivity contribution < 1.29 is 18.7 Å². The van der Waals surface area contributed by atoms with Gasteiger partial charge in [0.25, 0.3) is 5.91 Å². The van der Waals surface area contributed by atoms with Crippen LogP contribution in [0.1, 0.15) is 54.3 Å². The summed E-state index contributed by atoms with van der Waals surface area (Å²) in [5, 5.41) is 5.77. The van der Waals surface area contributed by atoms with E-state index in [1.807, 2.05) is 32.2 Å². The third-order valence-electron chi connectivity index (χ3n) is 5.13. The Kier molecular flexibility index (Phi) is 11.7. The maximum Gasteiger partial charge on any atom is 0.252 e. The number of benzene rings is 1. The molecule has 9 heteroatoms. The molecule has 0 radical (unpaired) electrons. The molecular weight excluding hydrogens is 458 g/mol. The van der Waals surface area contributed by atoms with E-state index in [4.69, 9.17) is 14.9 Å². The summed E-state index contributed by atoms with van der Waals surface area (Å²) < 4.78 is 11.1. The zero-order valence-corrected chi connectivity index (χ0v) is 21.2. The van der Waals surface area contributed by atoms with Crippen LogP contribution in [-0.2, 0) is 11.3 Å². The number of carbonyl (C=O) groups is 2. The lowest BCUT2D eigenvalue weighted by atomic mass is 9.96. The molecule has 0 bridgehead atoms. The number of thiol groups is 1. The lowest BCUT2D eigenvalue weighted by Crippen LogP contribution is -2.47. The Hall–Kier alpha value is -2.10. The summed E-state index contributed by atoms with van der Waals surface area (Å²) in [6, 6.07) is 8.37. The first-order valence-corrected chi connectivity index (χ1v) is 13.1. The van der Waals surface area contributed by atoms with Gasteiger partial charge in [0, 0.05) is 17.4 Å². The zero-order chi connectivity index (χ0) is 24.2. The summed E-state index contributed by atoms with van der Waals surface area (Å²) in [6.07, 6.45) is 4.72. The van der Waals surface area contributed by atoms with Crippen LogP contribution in [0.2, 0.25) is 0 Å². The topological polar surface area (TPSA) is 107 Å². The second kappa shape index (κ2) is 14.2. The largest absolute Gasteiger partial charge is 0.494 e. The van der Waals surface area contributed by atoms with E-state index in [9.17, 15) is 9.59 Å². The molecule has 0 saturated carbocycles. The van der Waals surface area contributed by atoms with Gasteiger partial charge in [-0.2, -0.15) is 24.4 Å². The maximum atomic E-state index is 13.3. The molecule has 4 N–H and O–H groups in total. The minimum atomic E-state index is -0.655. The van der Waals surface area contributed by atoms with Gasteiger partial charge in [-0.15, -0.1) is 0 Å². The third kappa shape index (κ3) is 8.98. The number of hydrogen-bond acceptors (Lipinski definition) is 7. The summed E-state index contributed by atoms with van der Waals surface area (Å²) in [4.78, 5) is 26.1. The molecule has 2 atom stereocenters. The lowest BCUT2D eigenvalue weighted by Gasteiger charge is -2.20. The van der Waals surface area contributed by atoms with Crippen molar-refractivity contribution in [2.24, 2.45) is 5.73 Å². The van der Waals surface area contributed by atoms with Crippen molar-refractivity contribution in [3.05, 3.63) is 53.5 Å². The van der Waals surface area contributed by atoms with E-state index in [1.54, 1.807) is 36.2 Å². The van der Waals surface area contributed by atoms with E-state index in [2.05, 4.69) is 23.3 Å². The summed E-state index contributed by atoms with van der Waals surface area (Å²) in [6.45, 7) is 4.76. The molecule has 0 aliphatic rings. The summed E-state index contributed by atoms with van der Waals surface area (Å²) in [5.74, 6) is 2.17.